The first-order valence-electron chi connectivity index (χ1n) is 8.75. The van der Waals surface area contributed by atoms with Crippen molar-refractivity contribution in [2.75, 3.05) is 11.9 Å². The minimum Gasteiger partial charge on any atom is -0.493 e. The molecule has 0 atom stereocenters. The highest BCUT2D eigenvalue weighted by atomic mass is 79.9. The molecule has 0 aliphatic rings. The molecule has 3 aromatic rings. The molecule has 0 bridgehead atoms. The van der Waals surface area contributed by atoms with Gasteiger partial charge in [0.25, 0.3) is 0 Å². The Kier molecular flexibility index (Phi) is 6.13. The van der Waals surface area contributed by atoms with Crippen LogP contribution < -0.4 is 10.2 Å². The number of unbranched alkanes of at least 4 members (excludes halogenated alkanes) is 1. The Morgan fingerprint density at radius 3 is 2.43 bits per heavy atom. The van der Waals surface area contributed by atoms with Crippen molar-refractivity contribution in [3.8, 4) is 17.1 Å². The lowest BCUT2D eigenvalue weighted by Crippen LogP contribution is -2.08. The van der Waals surface area contributed by atoms with Crippen LogP contribution in [0.2, 0.25) is 0 Å². The maximum Gasteiger partial charge on any atom is 0.416 e. The van der Waals surface area contributed by atoms with E-state index in [4.69, 9.17) is 9.15 Å². The van der Waals surface area contributed by atoms with Gasteiger partial charge >= 0.3 is 6.18 Å². The van der Waals surface area contributed by atoms with Gasteiger partial charge in [-0.05, 0) is 44.0 Å². The van der Waals surface area contributed by atoms with Gasteiger partial charge in [0.1, 0.15) is 17.1 Å². The van der Waals surface area contributed by atoms with Crippen molar-refractivity contribution >= 4 is 26.9 Å². The normalized spacial score (nSPS) is 11.8. The van der Waals surface area contributed by atoms with Crippen LogP contribution in [0.4, 0.5) is 13.2 Å². The van der Waals surface area contributed by atoms with E-state index in [1.54, 1.807) is 25.1 Å². The second-order valence-electron chi connectivity index (χ2n) is 6.36. The Bertz CT molecular complexity index is 1020. The van der Waals surface area contributed by atoms with Crippen molar-refractivity contribution in [2.45, 2.75) is 25.9 Å². The standard InChI is InChI=1S/C21H18BrF3O3/c1-13-19(26)17-9-8-16(27-11-3-2-10-22)12-18(17)28-20(13)14-4-6-15(7-5-14)21(23,24)25/h4-9,12H,2-3,10-11H2,1H3. The molecule has 1 heterocycles. The molecule has 0 saturated carbocycles. The fraction of sp³-hybridized carbons (Fsp3) is 0.286. The summed E-state index contributed by atoms with van der Waals surface area (Å²) in [6.07, 6.45) is -2.54. The van der Waals surface area contributed by atoms with Gasteiger partial charge < -0.3 is 9.15 Å². The molecule has 148 valence electrons. The number of benzene rings is 2. The summed E-state index contributed by atoms with van der Waals surface area (Å²) in [5.41, 5.74) is 0.119. The molecule has 0 N–H and O–H groups in total. The van der Waals surface area contributed by atoms with Crippen molar-refractivity contribution in [1.82, 2.24) is 0 Å². The van der Waals surface area contributed by atoms with Crippen LogP contribution >= 0.6 is 15.9 Å². The molecule has 0 aliphatic heterocycles. The molecule has 7 heteroatoms. The van der Waals surface area contributed by atoms with E-state index in [1.807, 2.05) is 0 Å². The van der Waals surface area contributed by atoms with E-state index < -0.39 is 11.7 Å². The predicted octanol–water partition coefficient (Wildman–Crippen LogP) is 6.34. The first-order chi connectivity index (χ1) is 13.3. The van der Waals surface area contributed by atoms with Crippen LogP contribution in [-0.4, -0.2) is 11.9 Å². The highest BCUT2D eigenvalue weighted by Crippen LogP contribution is 2.32. The van der Waals surface area contributed by atoms with Crippen molar-refractivity contribution in [3.63, 3.8) is 0 Å². The van der Waals surface area contributed by atoms with Crippen LogP contribution in [0.1, 0.15) is 24.0 Å². The molecule has 0 saturated heterocycles. The average molecular weight is 455 g/mol. The molecule has 0 fully saturated rings. The predicted molar refractivity (Wildman–Crippen MR) is 106 cm³/mol. The van der Waals surface area contributed by atoms with Gasteiger partial charge in [-0.3, -0.25) is 4.79 Å². The smallest absolute Gasteiger partial charge is 0.416 e. The molecular formula is C21H18BrF3O3. The van der Waals surface area contributed by atoms with Crippen LogP contribution in [0.5, 0.6) is 5.75 Å². The Hall–Kier alpha value is -2.28. The number of ether oxygens (including phenoxy) is 1. The van der Waals surface area contributed by atoms with Gasteiger partial charge in [-0.25, -0.2) is 0 Å². The first kappa shape index (κ1) is 20.5. The number of hydrogen-bond donors (Lipinski definition) is 0. The van der Waals surface area contributed by atoms with Crippen LogP contribution in [0, 0.1) is 6.92 Å². The summed E-state index contributed by atoms with van der Waals surface area (Å²) in [7, 11) is 0. The average Bonchev–Trinajstić information content (AvgIpc) is 2.67. The molecule has 2 aromatic carbocycles. The van der Waals surface area contributed by atoms with Crippen molar-refractivity contribution in [1.29, 1.82) is 0 Å². The summed E-state index contributed by atoms with van der Waals surface area (Å²) in [5, 5.41) is 1.31. The summed E-state index contributed by atoms with van der Waals surface area (Å²) in [5.74, 6) is 0.829. The van der Waals surface area contributed by atoms with Crippen LogP contribution in [0.3, 0.4) is 0 Å². The Morgan fingerprint density at radius 1 is 1.07 bits per heavy atom. The zero-order valence-electron chi connectivity index (χ0n) is 15.1. The molecule has 0 aliphatic carbocycles. The molecule has 3 nitrogen and oxygen atoms in total. The number of halogens is 4. The summed E-state index contributed by atoms with van der Waals surface area (Å²) in [6, 6.07) is 9.55. The van der Waals surface area contributed by atoms with E-state index in [-0.39, 0.29) is 11.2 Å². The quantitative estimate of drug-likeness (QED) is 0.322. The van der Waals surface area contributed by atoms with Gasteiger partial charge in [0.2, 0.25) is 0 Å². The summed E-state index contributed by atoms with van der Waals surface area (Å²) in [6.45, 7) is 2.14. The molecule has 28 heavy (non-hydrogen) atoms. The van der Waals surface area contributed by atoms with E-state index in [0.717, 1.165) is 30.3 Å². The van der Waals surface area contributed by atoms with Gasteiger partial charge in [-0.2, -0.15) is 13.2 Å². The molecule has 0 unspecified atom stereocenters. The third-order valence-electron chi connectivity index (χ3n) is 4.36. The summed E-state index contributed by atoms with van der Waals surface area (Å²) >= 11 is 3.36. The molecule has 0 amide bonds. The molecule has 3 rings (SSSR count). The molecule has 1 aromatic heterocycles. The van der Waals surface area contributed by atoms with Gasteiger partial charge in [0.15, 0.2) is 5.43 Å². The van der Waals surface area contributed by atoms with E-state index in [2.05, 4.69) is 15.9 Å². The first-order valence-corrected chi connectivity index (χ1v) is 9.87. The summed E-state index contributed by atoms with van der Waals surface area (Å²) < 4.78 is 49.9. The van der Waals surface area contributed by atoms with Gasteiger partial charge in [0, 0.05) is 22.5 Å². The zero-order chi connectivity index (χ0) is 20.3. The fourth-order valence-corrected chi connectivity index (χ4v) is 3.23. The number of alkyl halides is 4. The molecular weight excluding hydrogens is 437 g/mol. The largest absolute Gasteiger partial charge is 0.493 e. The monoisotopic (exact) mass is 454 g/mol. The zero-order valence-corrected chi connectivity index (χ0v) is 16.7. The third-order valence-corrected chi connectivity index (χ3v) is 4.92. The second kappa shape index (κ2) is 8.39. The lowest BCUT2D eigenvalue weighted by molar-refractivity contribution is -0.137. The Labute approximate surface area is 168 Å². The van der Waals surface area contributed by atoms with E-state index >= 15 is 0 Å². The number of fused-ring (bicyclic) bond motifs is 1. The lowest BCUT2D eigenvalue weighted by Gasteiger charge is -2.11. The highest BCUT2D eigenvalue weighted by molar-refractivity contribution is 9.09. The van der Waals surface area contributed by atoms with E-state index in [1.165, 1.54) is 12.1 Å². The third kappa shape index (κ3) is 4.41. The van der Waals surface area contributed by atoms with Crippen molar-refractivity contribution in [2.24, 2.45) is 0 Å². The van der Waals surface area contributed by atoms with Gasteiger partial charge in [0.05, 0.1) is 17.6 Å². The minimum absolute atomic E-state index is 0.220. The topological polar surface area (TPSA) is 39.4 Å². The Balaban J connectivity index is 1.98. The Morgan fingerprint density at radius 2 is 1.79 bits per heavy atom. The number of hydrogen-bond acceptors (Lipinski definition) is 3. The van der Waals surface area contributed by atoms with Gasteiger partial charge in [-0.1, -0.05) is 28.1 Å². The van der Waals surface area contributed by atoms with E-state index in [0.29, 0.717) is 34.5 Å². The maximum atomic E-state index is 12.8. The van der Waals surface area contributed by atoms with Gasteiger partial charge in [-0.15, -0.1) is 0 Å². The summed E-state index contributed by atoms with van der Waals surface area (Å²) in [4.78, 5) is 12.7. The van der Waals surface area contributed by atoms with E-state index in [9.17, 15) is 18.0 Å². The van der Waals surface area contributed by atoms with Crippen molar-refractivity contribution < 1.29 is 22.3 Å². The SMILES string of the molecule is Cc1c(-c2ccc(C(F)(F)F)cc2)oc2cc(OCCCCBr)ccc2c1=O. The lowest BCUT2D eigenvalue weighted by atomic mass is 10.0. The second-order valence-corrected chi connectivity index (χ2v) is 7.16. The molecule has 0 spiro atoms. The highest BCUT2D eigenvalue weighted by Gasteiger charge is 2.30. The van der Waals surface area contributed by atoms with Crippen LogP contribution in [0.25, 0.3) is 22.3 Å². The van der Waals surface area contributed by atoms with Crippen LogP contribution in [0.15, 0.2) is 51.7 Å². The number of rotatable bonds is 6. The fourth-order valence-electron chi connectivity index (χ4n) is 2.83. The van der Waals surface area contributed by atoms with Crippen LogP contribution in [-0.2, 0) is 6.18 Å². The molecule has 0 radical (unpaired) electrons. The van der Waals surface area contributed by atoms with Crippen molar-refractivity contribution in [3.05, 3.63) is 63.8 Å². The maximum absolute atomic E-state index is 12.8. The minimum atomic E-state index is -4.42.